The first-order valence-corrected chi connectivity index (χ1v) is 6.79. The van der Waals surface area contributed by atoms with Gasteiger partial charge < -0.3 is 19.9 Å². The second-order valence-corrected chi connectivity index (χ2v) is 4.73. The van der Waals surface area contributed by atoms with Crippen LogP contribution < -0.4 is 19.9 Å². The van der Waals surface area contributed by atoms with Crippen molar-refractivity contribution >= 4 is 0 Å². The van der Waals surface area contributed by atoms with Crippen molar-refractivity contribution in [1.29, 1.82) is 0 Å². The smallest absolute Gasteiger partial charge is 0.123 e. The summed E-state index contributed by atoms with van der Waals surface area (Å²) in [7, 11) is 4.94. The Balaban J connectivity index is 2.29. The van der Waals surface area contributed by atoms with E-state index in [1.165, 1.54) is 0 Å². The van der Waals surface area contributed by atoms with Gasteiger partial charge in [0, 0.05) is 11.6 Å². The summed E-state index contributed by atoms with van der Waals surface area (Å²) in [5, 5.41) is 0. The number of hydrogen-bond acceptors (Lipinski definition) is 4. The van der Waals surface area contributed by atoms with Gasteiger partial charge in [0.25, 0.3) is 0 Å². The number of hydrogen-bond donors (Lipinski definition) is 1. The van der Waals surface area contributed by atoms with Gasteiger partial charge in [-0.1, -0.05) is 18.2 Å². The van der Waals surface area contributed by atoms with Crippen molar-refractivity contribution < 1.29 is 14.2 Å². The molecule has 2 aromatic rings. The minimum Gasteiger partial charge on any atom is -0.497 e. The van der Waals surface area contributed by atoms with Crippen molar-refractivity contribution in [1.82, 2.24) is 0 Å². The number of rotatable bonds is 6. The van der Waals surface area contributed by atoms with Gasteiger partial charge in [-0.15, -0.1) is 0 Å². The highest BCUT2D eigenvalue weighted by Crippen LogP contribution is 2.31. The van der Waals surface area contributed by atoms with Crippen LogP contribution in [0.15, 0.2) is 42.5 Å². The lowest BCUT2D eigenvalue weighted by Gasteiger charge is -2.18. The molecular formula is C17H21NO3. The molecule has 0 saturated heterocycles. The van der Waals surface area contributed by atoms with Crippen LogP contribution in [0.4, 0.5) is 0 Å². The molecule has 0 aliphatic rings. The number of para-hydroxylation sites is 1. The van der Waals surface area contributed by atoms with Crippen molar-refractivity contribution in [2.75, 3.05) is 21.3 Å². The fraction of sp³-hybridized carbons (Fsp3) is 0.294. The number of methoxy groups -OCH3 is 3. The van der Waals surface area contributed by atoms with Crippen LogP contribution in [0.5, 0.6) is 17.2 Å². The molecule has 0 radical (unpaired) electrons. The second kappa shape index (κ2) is 6.99. The molecule has 0 heterocycles. The van der Waals surface area contributed by atoms with E-state index in [0.29, 0.717) is 6.42 Å². The zero-order valence-electron chi connectivity index (χ0n) is 12.6. The van der Waals surface area contributed by atoms with E-state index in [2.05, 4.69) is 0 Å². The monoisotopic (exact) mass is 287 g/mol. The molecule has 2 N–H and O–H groups in total. The van der Waals surface area contributed by atoms with Crippen molar-refractivity contribution in [2.45, 2.75) is 12.5 Å². The molecule has 0 aliphatic carbocycles. The third kappa shape index (κ3) is 3.47. The lowest BCUT2D eigenvalue weighted by atomic mass is 9.98. The van der Waals surface area contributed by atoms with Crippen LogP contribution in [-0.2, 0) is 6.42 Å². The Labute approximate surface area is 125 Å². The maximum atomic E-state index is 6.36. The molecular weight excluding hydrogens is 266 g/mol. The summed E-state index contributed by atoms with van der Waals surface area (Å²) in [6, 6.07) is 13.3. The SMILES string of the molecule is COc1ccc(OC)c(C(N)Cc2ccccc2OC)c1. The predicted octanol–water partition coefficient (Wildman–Crippen LogP) is 2.95. The van der Waals surface area contributed by atoms with Gasteiger partial charge in [-0.05, 0) is 36.2 Å². The van der Waals surface area contributed by atoms with E-state index in [1.807, 2.05) is 42.5 Å². The maximum absolute atomic E-state index is 6.36. The fourth-order valence-corrected chi connectivity index (χ4v) is 2.35. The van der Waals surface area contributed by atoms with Gasteiger partial charge in [0.1, 0.15) is 17.2 Å². The number of nitrogens with two attached hydrogens (primary N) is 1. The molecule has 0 aromatic heterocycles. The standard InChI is InChI=1S/C17H21NO3/c1-19-13-8-9-17(21-3)14(11-13)15(18)10-12-6-4-5-7-16(12)20-2/h4-9,11,15H,10,18H2,1-3H3. The molecule has 1 atom stereocenters. The van der Waals surface area contributed by atoms with E-state index < -0.39 is 0 Å². The molecule has 0 bridgehead atoms. The van der Waals surface area contributed by atoms with Crippen molar-refractivity contribution in [2.24, 2.45) is 5.73 Å². The van der Waals surface area contributed by atoms with Crippen LogP contribution >= 0.6 is 0 Å². The van der Waals surface area contributed by atoms with E-state index in [0.717, 1.165) is 28.4 Å². The highest BCUT2D eigenvalue weighted by Gasteiger charge is 2.15. The summed E-state index contributed by atoms with van der Waals surface area (Å²) >= 11 is 0. The van der Waals surface area contributed by atoms with Crippen LogP contribution in [0.25, 0.3) is 0 Å². The molecule has 1 unspecified atom stereocenters. The first-order chi connectivity index (χ1) is 10.2. The normalized spacial score (nSPS) is 11.8. The Morgan fingerprint density at radius 1 is 0.905 bits per heavy atom. The lowest BCUT2D eigenvalue weighted by Crippen LogP contribution is -2.15. The average Bonchev–Trinajstić information content (AvgIpc) is 2.54. The summed E-state index contributed by atoms with van der Waals surface area (Å²) in [5.41, 5.74) is 8.35. The zero-order chi connectivity index (χ0) is 15.2. The third-order valence-electron chi connectivity index (χ3n) is 3.47. The summed E-state index contributed by atoms with van der Waals surface area (Å²) in [6.07, 6.45) is 0.660. The van der Waals surface area contributed by atoms with E-state index in [1.54, 1.807) is 21.3 Å². The molecule has 4 heteroatoms. The summed E-state index contributed by atoms with van der Waals surface area (Å²) < 4.78 is 16.0. The quantitative estimate of drug-likeness (QED) is 0.887. The van der Waals surface area contributed by atoms with E-state index in [4.69, 9.17) is 19.9 Å². The highest BCUT2D eigenvalue weighted by molar-refractivity contribution is 5.43. The Morgan fingerprint density at radius 3 is 2.29 bits per heavy atom. The molecule has 4 nitrogen and oxygen atoms in total. The Bertz CT molecular complexity index is 598. The number of ether oxygens (including phenoxy) is 3. The van der Waals surface area contributed by atoms with Gasteiger partial charge in [0.2, 0.25) is 0 Å². The van der Waals surface area contributed by atoms with Gasteiger partial charge in [-0.25, -0.2) is 0 Å². The van der Waals surface area contributed by atoms with Crippen LogP contribution in [0, 0.1) is 0 Å². The summed E-state index contributed by atoms with van der Waals surface area (Å²) in [4.78, 5) is 0. The maximum Gasteiger partial charge on any atom is 0.123 e. The van der Waals surface area contributed by atoms with E-state index in [9.17, 15) is 0 Å². The lowest BCUT2D eigenvalue weighted by molar-refractivity contribution is 0.393. The highest BCUT2D eigenvalue weighted by atomic mass is 16.5. The molecule has 0 fully saturated rings. The molecule has 0 aliphatic heterocycles. The van der Waals surface area contributed by atoms with Crippen molar-refractivity contribution in [3.63, 3.8) is 0 Å². The first kappa shape index (κ1) is 15.2. The minimum atomic E-state index is -0.202. The Kier molecular flexibility index (Phi) is 5.06. The first-order valence-electron chi connectivity index (χ1n) is 6.79. The molecule has 0 spiro atoms. The number of benzene rings is 2. The van der Waals surface area contributed by atoms with Crippen molar-refractivity contribution in [3.8, 4) is 17.2 Å². The Morgan fingerprint density at radius 2 is 1.62 bits per heavy atom. The van der Waals surface area contributed by atoms with Crippen LogP contribution in [0.2, 0.25) is 0 Å². The molecule has 0 amide bonds. The summed E-state index contributed by atoms with van der Waals surface area (Å²) in [5.74, 6) is 2.37. The molecule has 2 rings (SSSR count). The van der Waals surface area contributed by atoms with Gasteiger partial charge in [0.15, 0.2) is 0 Å². The largest absolute Gasteiger partial charge is 0.497 e. The molecule has 0 saturated carbocycles. The van der Waals surface area contributed by atoms with Crippen LogP contribution in [0.3, 0.4) is 0 Å². The predicted molar refractivity (Wildman–Crippen MR) is 83.2 cm³/mol. The topological polar surface area (TPSA) is 53.7 Å². The second-order valence-electron chi connectivity index (χ2n) is 4.73. The van der Waals surface area contributed by atoms with Crippen LogP contribution in [0.1, 0.15) is 17.2 Å². The van der Waals surface area contributed by atoms with E-state index in [-0.39, 0.29) is 6.04 Å². The zero-order valence-corrected chi connectivity index (χ0v) is 12.6. The summed E-state index contributed by atoms with van der Waals surface area (Å²) in [6.45, 7) is 0. The average molecular weight is 287 g/mol. The molecule has 21 heavy (non-hydrogen) atoms. The minimum absolute atomic E-state index is 0.202. The third-order valence-corrected chi connectivity index (χ3v) is 3.47. The Hall–Kier alpha value is -2.20. The fourth-order valence-electron chi connectivity index (χ4n) is 2.35. The molecule has 112 valence electrons. The van der Waals surface area contributed by atoms with Gasteiger partial charge in [0.05, 0.1) is 21.3 Å². The molecule has 2 aromatic carbocycles. The van der Waals surface area contributed by atoms with Gasteiger partial charge >= 0.3 is 0 Å². The van der Waals surface area contributed by atoms with E-state index >= 15 is 0 Å². The van der Waals surface area contributed by atoms with Crippen LogP contribution in [-0.4, -0.2) is 21.3 Å². The van der Waals surface area contributed by atoms with Crippen molar-refractivity contribution in [3.05, 3.63) is 53.6 Å². The van der Waals surface area contributed by atoms with Gasteiger partial charge in [-0.3, -0.25) is 0 Å². The van der Waals surface area contributed by atoms with Gasteiger partial charge in [-0.2, -0.15) is 0 Å².